The highest BCUT2D eigenvalue weighted by molar-refractivity contribution is 6.30. The molecule has 1 aliphatic rings. The molecule has 1 aliphatic heterocycles. The van der Waals surface area contributed by atoms with E-state index in [1.807, 2.05) is 47.4 Å². The molecular formula is C18H20ClN2O+. The molecule has 2 aromatic rings. The van der Waals surface area contributed by atoms with E-state index < -0.39 is 0 Å². The van der Waals surface area contributed by atoms with Gasteiger partial charge in [0, 0.05) is 22.8 Å². The number of para-hydroxylation sites is 1. The van der Waals surface area contributed by atoms with Gasteiger partial charge in [-0.3, -0.25) is 4.79 Å². The number of hydrogen-bond donors (Lipinski definition) is 1. The Balaban J connectivity index is 1.61. The summed E-state index contributed by atoms with van der Waals surface area (Å²) in [6, 6.07) is 16.2. The lowest BCUT2D eigenvalue weighted by Crippen LogP contribution is -2.87. The first-order chi connectivity index (χ1) is 10.6. The smallest absolute Gasteiger partial charge is 0.282 e. The van der Waals surface area contributed by atoms with Crippen LogP contribution in [-0.2, 0) is 11.2 Å². The van der Waals surface area contributed by atoms with Crippen molar-refractivity contribution < 1.29 is 10.1 Å². The van der Waals surface area contributed by atoms with Gasteiger partial charge in [0.05, 0.1) is 0 Å². The average molecular weight is 316 g/mol. The summed E-state index contributed by atoms with van der Waals surface area (Å²) >= 11 is 6.02. The molecule has 22 heavy (non-hydrogen) atoms. The van der Waals surface area contributed by atoms with Gasteiger partial charge in [-0.2, -0.15) is 0 Å². The summed E-state index contributed by atoms with van der Waals surface area (Å²) in [5.41, 5.74) is 3.47. The number of nitrogens with two attached hydrogens (primary N) is 1. The summed E-state index contributed by atoms with van der Waals surface area (Å²) in [7, 11) is 0. The minimum absolute atomic E-state index is 0.166. The number of quaternary nitrogens is 1. The van der Waals surface area contributed by atoms with Gasteiger partial charge in [0.25, 0.3) is 5.91 Å². The van der Waals surface area contributed by atoms with Gasteiger partial charge in [-0.1, -0.05) is 41.9 Å². The Bertz CT molecular complexity index is 686. The number of fused-ring (bicyclic) bond motifs is 1. The second-order valence-electron chi connectivity index (χ2n) is 5.71. The second kappa shape index (κ2) is 6.51. The molecule has 114 valence electrons. The highest BCUT2D eigenvalue weighted by atomic mass is 35.5. The van der Waals surface area contributed by atoms with E-state index in [-0.39, 0.29) is 11.9 Å². The summed E-state index contributed by atoms with van der Waals surface area (Å²) in [6.45, 7) is 3.33. The minimum atomic E-state index is 0.166. The van der Waals surface area contributed by atoms with Crippen molar-refractivity contribution in [3.05, 3.63) is 64.7 Å². The van der Waals surface area contributed by atoms with Gasteiger partial charge < -0.3 is 10.2 Å². The number of rotatable bonds is 4. The predicted molar refractivity (Wildman–Crippen MR) is 89.2 cm³/mol. The summed E-state index contributed by atoms with van der Waals surface area (Å²) in [5, 5.41) is 2.80. The lowest BCUT2D eigenvalue weighted by Gasteiger charge is -2.18. The zero-order valence-electron chi connectivity index (χ0n) is 12.6. The predicted octanol–water partition coefficient (Wildman–Crippen LogP) is 2.55. The molecule has 0 aliphatic carbocycles. The van der Waals surface area contributed by atoms with Crippen LogP contribution >= 0.6 is 11.6 Å². The molecule has 2 N–H and O–H groups in total. The average Bonchev–Trinajstić information content (AvgIpc) is 2.96. The van der Waals surface area contributed by atoms with Gasteiger partial charge in [-0.15, -0.1) is 0 Å². The van der Waals surface area contributed by atoms with E-state index in [1.54, 1.807) is 0 Å². The van der Waals surface area contributed by atoms with Crippen molar-refractivity contribution in [1.29, 1.82) is 0 Å². The summed E-state index contributed by atoms with van der Waals surface area (Å²) in [4.78, 5) is 14.4. The Morgan fingerprint density at radius 3 is 2.91 bits per heavy atom. The third kappa shape index (κ3) is 3.16. The van der Waals surface area contributed by atoms with E-state index >= 15 is 0 Å². The molecule has 0 spiro atoms. The standard InChI is InChI=1S/C18H19ClN2O/c1-13(15-6-4-7-16(19)11-15)20-12-18(22)21-10-9-14-5-2-3-8-17(14)21/h2-8,11,13,20H,9-10,12H2,1H3/p+1/t13-/m0/s1. The topological polar surface area (TPSA) is 36.9 Å². The summed E-state index contributed by atoms with van der Waals surface area (Å²) < 4.78 is 0. The number of benzene rings is 2. The van der Waals surface area contributed by atoms with Crippen LogP contribution in [0.25, 0.3) is 0 Å². The number of carbonyl (C=O) groups excluding carboxylic acids is 1. The number of carbonyl (C=O) groups is 1. The summed E-state index contributed by atoms with van der Waals surface area (Å²) in [5.74, 6) is 0.166. The van der Waals surface area contributed by atoms with Gasteiger partial charge in [-0.05, 0) is 37.1 Å². The molecule has 1 amide bonds. The number of halogens is 1. The molecule has 0 radical (unpaired) electrons. The molecule has 1 heterocycles. The highest BCUT2D eigenvalue weighted by Gasteiger charge is 2.25. The quantitative estimate of drug-likeness (QED) is 0.925. The maximum atomic E-state index is 12.5. The molecule has 3 rings (SSSR count). The molecule has 4 heteroatoms. The molecule has 0 fully saturated rings. The fourth-order valence-electron chi connectivity index (χ4n) is 2.91. The van der Waals surface area contributed by atoms with Crippen molar-refractivity contribution in [3.8, 4) is 0 Å². The Hall–Kier alpha value is -1.84. The zero-order chi connectivity index (χ0) is 15.5. The van der Waals surface area contributed by atoms with E-state index in [1.165, 1.54) is 5.56 Å². The first kappa shape index (κ1) is 15.1. The maximum absolute atomic E-state index is 12.5. The fraction of sp³-hybridized carbons (Fsp3) is 0.278. The van der Waals surface area contributed by atoms with Crippen molar-refractivity contribution in [2.24, 2.45) is 0 Å². The van der Waals surface area contributed by atoms with Crippen molar-refractivity contribution in [3.63, 3.8) is 0 Å². The van der Waals surface area contributed by atoms with Crippen molar-refractivity contribution in [2.45, 2.75) is 19.4 Å². The molecule has 0 bridgehead atoms. The highest BCUT2D eigenvalue weighted by Crippen LogP contribution is 2.27. The van der Waals surface area contributed by atoms with Crippen LogP contribution in [0.5, 0.6) is 0 Å². The number of amides is 1. The van der Waals surface area contributed by atoms with Crippen molar-refractivity contribution >= 4 is 23.2 Å². The third-order valence-electron chi connectivity index (χ3n) is 4.21. The molecule has 0 saturated carbocycles. The molecule has 2 aromatic carbocycles. The SMILES string of the molecule is C[C@H]([NH2+]CC(=O)N1CCc2ccccc21)c1cccc(Cl)c1. The zero-order valence-corrected chi connectivity index (χ0v) is 13.4. The fourth-order valence-corrected chi connectivity index (χ4v) is 3.11. The number of anilines is 1. The third-order valence-corrected chi connectivity index (χ3v) is 4.44. The molecule has 0 saturated heterocycles. The Labute approximate surface area is 135 Å². The normalized spacial score (nSPS) is 14.7. The lowest BCUT2D eigenvalue weighted by atomic mass is 10.1. The van der Waals surface area contributed by atoms with Crippen molar-refractivity contribution in [1.82, 2.24) is 0 Å². The first-order valence-corrected chi connectivity index (χ1v) is 8.00. The Morgan fingerprint density at radius 1 is 1.27 bits per heavy atom. The van der Waals surface area contributed by atoms with Crippen LogP contribution in [0.2, 0.25) is 5.02 Å². The minimum Gasteiger partial charge on any atom is -0.333 e. The van der Waals surface area contributed by atoms with E-state index in [0.29, 0.717) is 6.54 Å². The lowest BCUT2D eigenvalue weighted by molar-refractivity contribution is -0.682. The monoisotopic (exact) mass is 315 g/mol. The van der Waals surface area contributed by atoms with E-state index in [4.69, 9.17) is 11.6 Å². The molecule has 3 nitrogen and oxygen atoms in total. The maximum Gasteiger partial charge on any atom is 0.282 e. The van der Waals surface area contributed by atoms with Gasteiger partial charge >= 0.3 is 0 Å². The molecule has 0 aromatic heterocycles. The van der Waals surface area contributed by atoms with Crippen LogP contribution in [0.1, 0.15) is 24.1 Å². The van der Waals surface area contributed by atoms with Gasteiger partial charge in [0.2, 0.25) is 0 Å². The van der Waals surface area contributed by atoms with Crippen LogP contribution < -0.4 is 10.2 Å². The van der Waals surface area contributed by atoms with E-state index in [2.05, 4.69) is 18.3 Å². The van der Waals surface area contributed by atoms with Crippen LogP contribution in [0.15, 0.2) is 48.5 Å². The molecule has 1 atom stereocenters. The number of nitrogens with zero attached hydrogens (tertiary/aromatic N) is 1. The van der Waals surface area contributed by atoms with E-state index in [0.717, 1.165) is 29.2 Å². The largest absolute Gasteiger partial charge is 0.333 e. The van der Waals surface area contributed by atoms with Crippen LogP contribution in [-0.4, -0.2) is 19.0 Å². The number of hydrogen-bond acceptors (Lipinski definition) is 1. The second-order valence-corrected chi connectivity index (χ2v) is 6.14. The Morgan fingerprint density at radius 2 is 2.09 bits per heavy atom. The van der Waals surface area contributed by atoms with E-state index in [9.17, 15) is 4.79 Å². The van der Waals surface area contributed by atoms with Crippen LogP contribution in [0.4, 0.5) is 5.69 Å². The van der Waals surface area contributed by atoms with Crippen LogP contribution in [0.3, 0.4) is 0 Å². The van der Waals surface area contributed by atoms with Gasteiger partial charge in [0.1, 0.15) is 6.04 Å². The van der Waals surface area contributed by atoms with Crippen LogP contribution in [0, 0.1) is 0 Å². The summed E-state index contributed by atoms with van der Waals surface area (Å²) in [6.07, 6.45) is 0.950. The van der Waals surface area contributed by atoms with Gasteiger partial charge in [-0.25, -0.2) is 0 Å². The van der Waals surface area contributed by atoms with Crippen molar-refractivity contribution in [2.75, 3.05) is 18.0 Å². The Kier molecular flexibility index (Phi) is 4.46. The molecule has 0 unspecified atom stereocenters. The first-order valence-electron chi connectivity index (χ1n) is 7.62. The molecular weight excluding hydrogens is 296 g/mol. The van der Waals surface area contributed by atoms with Gasteiger partial charge in [0.15, 0.2) is 6.54 Å².